The fraction of sp³-hybridized carbons (Fsp3) is 0.222. The van der Waals surface area contributed by atoms with Crippen LogP contribution in [0.1, 0.15) is 0 Å². The first-order valence-corrected chi connectivity index (χ1v) is 5.65. The van der Waals surface area contributed by atoms with Crippen LogP contribution in [0.2, 0.25) is 0 Å². The van der Waals surface area contributed by atoms with Crippen LogP contribution in [0.3, 0.4) is 0 Å². The molecule has 1 aromatic carbocycles. The topological polar surface area (TPSA) is 20.3 Å². The number of fused-ring (bicyclic) bond motifs is 1. The first-order chi connectivity index (χ1) is 6.18. The van der Waals surface area contributed by atoms with Crippen molar-refractivity contribution in [3.05, 3.63) is 22.7 Å². The predicted molar refractivity (Wildman–Crippen MR) is 58.3 cm³/mol. The fourth-order valence-corrected chi connectivity index (χ4v) is 2.80. The van der Waals surface area contributed by atoms with Crippen molar-refractivity contribution in [1.29, 1.82) is 0 Å². The van der Waals surface area contributed by atoms with E-state index >= 15 is 0 Å². The summed E-state index contributed by atoms with van der Waals surface area (Å²) in [6, 6.07) is 5.96. The molecular weight excluding hydrogens is 250 g/mol. The Balaban J connectivity index is 2.49. The van der Waals surface area contributed by atoms with Gasteiger partial charge in [0.25, 0.3) is 0 Å². The van der Waals surface area contributed by atoms with Crippen LogP contribution < -0.4 is 4.90 Å². The molecule has 0 radical (unpaired) electrons. The average Bonchev–Trinajstić information content (AvgIpc) is 2.12. The predicted octanol–water partition coefficient (Wildman–Crippen LogP) is 2.52. The summed E-state index contributed by atoms with van der Waals surface area (Å²) in [4.78, 5) is 14.2. The highest BCUT2D eigenvalue weighted by Gasteiger charge is 2.20. The second kappa shape index (κ2) is 3.35. The number of anilines is 1. The van der Waals surface area contributed by atoms with Crippen LogP contribution in [0.25, 0.3) is 0 Å². The maximum atomic E-state index is 11.3. The van der Waals surface area contributed by atoms with E-state index in [1.54, 1.807) is 16.7 Å². The van der Waals surface area contributed by atoms with Crippen LogP contribution >= 0.6 is 27.7 Å². The summed E-state index contributed by atoms with van der Waals surface area (Å²) in [6.45, 7) is 0. The van der Waals surface area contributed by atoms with Crippen molar-refractivity contribution >= 4 is 39.3 Å². The summed E-state index contributed by atoms with van der Waals surface area (Å²) in [7, 11) is 1.81. The second-order valence-electron chi connectivity index (χ2n) is 2.85. The maximum absolute atomic E-state index is 11.3. The van der Waals surface area contributed by atoms with Crippen LogP contribution in [0.4, 0.5) is 5.69 Å². The number of hydrogen-bond acceptors (Lipinski definition) is 2. The van der Waals surface area contributed by atoms with E-state index in [9.17, 15) is 4.79 Å². The lowest BCUT2D eigenvalue weighted by Crippen LogP contribution is -2.31. The quantitative estimate of drug-likeness (QED) is 0.712. The van der Waals surface area contributed by atoms with E-state index in [2.05, 4.69) is 15.9 Å². The van der Waals surface area contributed by atoms with Gasteiger partial charge in [0.1, 0.15) is 0 Å². The lowest BCUT2D eigenvalue weighted by Gasteiger charge is -2.25. The van der Waals surface area contributed by atoms with Gasteiger partial charge in [-0.15, -0.1) is 11.8 Å². The molecular formula is C9H8BrNOS. The lowest BCUT2D eigenvalue weighted by molar-refractivity contribution is -0.116. The molecule has 0 unspecified atom stereocenters. The molecule has 2 rings (SSSR count). The summed E-state index contributed by atoms with van der Waals surface area (Å²) in [6.07, 6.45) is 0. The van der Waals surface area contributed by atoms with E-state index < -0.39 is 0 Å². The van der Waals surface area contributed by atoms with Crippen molar-refractivity contribution in [1.82, 2.24) is 0 Å². The number of benzene rings is 1. The molecule has 13 heavy (non-hydrogen) atoms. The Morgan fingerprint density at radius 3 is 3.08 bits per heavy atom. The molecule has 0 saturated carbocycles. The largest absolute Gasteiger partial charge is 0.314 e. The number of carbonyl (C=O) groups is 1. The molecule has 0 saturated heterocycles. The summed E-state index contributed by atoms with van der Waals surface area (Å²) in [5.74, 6) is 0.708. The SMILES string of the molecule is CN1C(=O)CSc2cc(Br)ccc21. The number of hydrogen-bond donors (Lipinski definition) is 0. The summed E-state index contributed by atoms with van der Waals surface area (Å²) in [5, 5.41) is 0. The van der Waals surface area contributed by atoms with Gasteiger partial charge in [-0.05, 0) is 18.2 Å². The molecule has 1 amide bonds. The van der Waals surface area contributed by atoms with Gasteiger partial charge in [0.15, 0.2) is 0 Å². The number of nitrogens with zero attached hydrogens (tertiary/aromatic N) is 1. The van der Waals surface area contributed by atoms with Crippen LogP contribution in [0.15, 0.2) is 27.6 Å². The third-order valence-electron chi connectivity index (χ3n) is 2.01. The van der Waals surface area contributed by atoms with Crippen LogP contribution in [0.5, 0.6) is 0 Å². The summed E-state index contributed by atoms with van der Waals surface area (Å²) < 4.78 is 1.06. The molecule has 68 valence electrons. The highest BCUT2D eigenvalue weighted by Crippen LogP contribution is 2.36. The minimum atomic E-state index is 0.167. The second-order valence-corrected chi connectivity index (χ2v) is 4.79. The van der Waals surface area contributed by atoms with Gasteiger partial charge in [0.2, 0.25) is 5.91 Å². The van der Waals surface area contributed by atoms with E-state index in [4.69, 9.17) is 0 Å². The first-order valence-electron chi connectivity index (χ1n) is 3.87. The minimum Gasteiger partial charge on any atom is -0.314 e. The smallest absolute Gasteiger partial charge is 0.237 e. The molecule has 1 aromatic rings. The van der Waals surface area contributed by atoms with E-state index in [0.717, 1.165) is 15.1 Å². The third kappa shape index (κ3) is 1.60. The highest BCUT2D eigenvalue weighted by atomic mass is 79.9. The highest BCUT2D eigenvalue weighted by molar-refractivity contribution is 9.10. The third-order valence-corrected chi connectivity index (χ3v) is 3.53. The van der Waals surface area contributed by atoms with E-state index in [0.29, 0.717) is 5.75 Å². The van der Waals surface area contributed by atoms with Crippen LogP contribution in [-0.4, -0.2) is 18.7 Å². The van der Waals surface area contributed by atoms with Gasteiger partial charge in [-0.1, -0.05) is 15.9 Å². The summed E-state index contributed by atoms with van der Waals surface area (Å²) >= 11 is 5.00. The average molecular weight is 258 g/mol. The Bertz CT molecular complexity index is 367. The monoisotopic (exact) mass is 257 g/mol. The molecule has 1 aliphatic heterocycles. The molecule has 1 aliphatic rings. The van der Waals surface area contributed by atoms with E-state index in [1.807, 2.05) is 25.2 Å². The molecule has 0 aromatic heterocycles. The molecule has 0 fully saturated rings. The van der Waals surface area contributed by atoms with Gasteiger partial charge in [-0.25, -0.2) is 0 Å². The van der Waals surface area contributed by atoms with Crippen molar-refractivity contribution in [2.24, 2.45) is 0 Å². The van der Waals surface area contributed by atoms with E-state index in [1.165, 1.54) is 0 Å². The number of carbonyl (C=O) groups excluding carboxylic acids is 1. The Kier molecular flexibility index (Phi) is 2.34. The number of amides is 1. The Labute approximate surface area is 89.4 Å². The Hall–Kier alpha value is -0.480. The van der Waals surface area contributed by atoms with Gasteiger partial charge >= 0.3 is 0 Å². The van der Waals surface area contributed by atoms with Gasteiger partial charge < -0.3 is 4.90 Å². The zero-order valence-electron chi connectivity index (χ0n) is 7.08. The lowest BCUT2D eigenvalue weighted by atomic mass is 10.3. The Morgan fingerprint density at radius 2 is 2.31 bits per heavy atom. The number of halogens is 1. The van der Waals surface area contributed by atoms with Crippen molar-refractivity contribution in [2.45, 2.75) is 4.90 Å². The van der Waals surface area contributed by atoms with Crippen molar-refractivity contribution in [2.75, 3.05) is 17.7 Å². The minimum absolute atomic E-state index is 0.167. The van der Waals surface area contributed by atoms with Crippen LogP contribution in [-0.2, 0) is 4.79 Å². The number of rotatable bonds is 0. The molecule has 4 heteroatoms. The van der Waals surface area contributed by atoms with Gasteiger partial charge in [-0.2, -0.15) is 0 Å². The molecule has 0 N–H and O–H groups in total. The van der Waals surface area contributed by atoms with Crippen molar-refractivity contribution in [3.8, 4) is 0 Å². The van der Waals surface area contributed by atoms with Crippen molar-refractivity contribution in [3.63, 3.8) is 0 Å². The normalized spacial score (nSPS) is 15.8. The molecule has 0 bridgehead atoms. The molecule has 0 spiro atoms. The zero-order chi connectivity index (χ0) is 9.42. The van der Waals surface area contributed by atoms with Crippen molar-refractivity contribution < 1.29 is 4.79 Å². The molecule has 1 heterocycles. The van der Waals surface area contributed by atoms with Crippen LogP contribution in [0, 0.1) is 0 Å². The molecule has 0 atom stereocenters. The van der Waals surface area contributed by atoms with Gasteiger partial charge in [0, 0.05) is 16.4 Å². The molecule has 0 aliphatic carbocycles. The number of thioether (sulfide) groups is 1. The summed E-state index contributed by atoms with van der Waals surface area (Å²) in [5.41, 5.74) is 1.00. The molecule has 2 nitrogen and oxygen atoms in total. The van der Waals surface area contributed by atoms with Gasteiger partial charge in [-0.3, -0.25) is 4.79 Å². The standard InChI is InChI=1S/C9H8BrNOS/c1-11-7-3-2-6(10)4-8(7)13-5-9(11)12/h2-4H,5H2,1H3. The first kappa shape index (κ1) is 9.09. The Morgan fingerprint density at radius 1 is 1.54 bits per heavy atom. The maximum Gasteiger partial charge on any atom is 0.237 e. The zero-order valence-corrected chi connectivity index (χ0v) is 9.48. The van der Waals surface area contributed by atoms with E-state index in [-0.39, 0.29) is 5.91 Å². The van der Waals surface area contributed by atoms with Gasteiger partial charge in [0.05, 0.1) is 11.4 Å². The fourth-order valence-electron chi connectivity index (χ4n) is 1.25.